The van der Waals surface area contributed by atoms with Crippen molar-refractivity contribution in [2.24, 2.45) is 0 Å². The van der Waals surface area contributed by atoms with E-state index in [-0.39, 0.29) is 5.97 Å². The molecular formula is C30H25O3P. The lowest BCUT2D eigenvalue weighted by molar-refractivity contribution is -0.132. The minimum absolute atomic E-state index is 0.304. The van der Waals surface area contributed by atoms with Gasteiger partial charge < -0.3 is 9.47 Å². The van der Waals surface area contributed by atoms with Crippen molar-refractivity contribution in [1.29, 1.82) is 0 Å². The minimum Gasteiger partial charge on any atom is -0.497 e. The minimum atomic E-state index is -2.50. The number of carbonyl (C=O) groups excluding carboxylic acids is 1. The standard InChI is InChI=1S/C30H25O3P/c1-32-23-19-17-22(18-20-23)27-21-29(30(31)33-2)34(24-11-5-3-6-12-24,25-13-7-4-8-14-25)28-16-10-9-15-26(27)28/h3-21H,1-2H3. The van der Waals surface area contributed by atoms with Crippen LogP contribution in [0.5, 0.6) is 5.75 Å². The number of hydrogen-bond donors (Lipinski definition) is 0. The van der Waals surface area contributed by atoms with Crippen LogP contribution in [0.2, 0.25) is 0 Å². The molecule has 4 aromatic carbocycles. The molecule has 0 aliphatic carbocycles. The molecule has 1 aliphatic heterocycles. The molecule has 168 valence electrons. The van der Waals surface area contributed by atoms with Gasteiger partial charge in [0.15, 0.2) is 0 Å². The average molecular weight is 465 g/mol. The second-order valence-corrected chi connectivity index (χ2v) is 11.4. The molecule has 0 atom stereocenters. The zero-order chi connectivity index (χ0) is 23.5. The Morgan fingerprint density at radius 3 is 1.79 bits per heavy atom. The van der Waals surface area contributed by atoms with Crippen molar-refractivity contribution < 1.29 is 14.3 Å². The molecule has 34 heavy (non-hydrogen) atoms. The zero-order valence-corrected chi connectivity index (χ0v) is 20.0. The summed E-state index contributed by atoms with van der Waals surface area (Å²) in [4.78, 5) is 13.5. The maximum Gasteiger partial charge on any atom is 0.338 e. The van der Waals surface area contributed by atoms with Crippen LogP contribution >= 0.6 is 6.89 Å². The van der Waals surface area contributed by atoms with Crippen LogP contribution in [0, 0.1) is 0 Å². The number of ether oxygens (including phenoxy) is 2. The van der Waals surface area contributed by atoms with Crippen molar-refractivity contribution >= 4 is 39.6 Å². The molecule has 0 fully saturated rings. The fourth-order valence-electron chi connectivity index (χ4n) is 4.75. The summed E-state index contributed by atoms with van der Waals surface area (Å²) in [5, 5.41) is 4.09. The molecular weight excluding hydrogens is 439 g/mol. The lowest BCUT2D eigenvalue weighted by Gasteiger charge is -2.36. The zero-order valence-electron chi connectivity index (χ0n) is 19.1. The van der Waals surface area contributed by atoms with Crippen LogP contribution in [0.15, 0.2) is 115 Å². The van der Waals surface area contributed by atoms with Crippen LogP contribution in [0.1, 0.15) is 11.1 Å². The van der Waals surface area contributed by atoms with Gasteiger partial charge in [0, 0.05) is 0 Å². The fourth-order valence-corrected chi connectivity index (χ4v) is 9.22. The van der Waals surface area contributed by atoms with Gasteiger partial charge >= 0.3 is 5.97 Å². The SMILES string of the molecule is COC(=O)C1=P(c2ccccc2)(c2ccccc2)c2ccccc2C(c2ccc(OC)cc2)=C1. The highest BCUT2D eigenvalue weighted by Crippen LogP contribution is 2.51. The number of methoxy groups -OCH3 is 2. The molecule has 5 rings (SSSR count). The van der Waals surface area contributed by atoms with Crippen molar-refractivity contribution in [1.82, 2.24) is 0 Å². The summed E-state index contributed by atoms with van der Waals surface area (Å²) in [6.07, 6.45) is 2.05. The number of esters is 1. The molecule has 0 saturated carbocycles. The Hall–Kier alpha value is -3.81. The van der Waals surface area contributed by atoms with Crippen LogP contribution in [0.4, 0.5) is 0 Å². The van der Waals surface area contributed by atoms with Crippen molar-refractivity contribution in [2.75, 3.05) is 14.2 Å². The average Bonchev–Trinajstić information content (AvgIpc) is 2.92. The molecule has 0 unspecified atom stereocenters. The van der Waals surface area contributed by atoms with Crippen molar-refractivity contribution in [2.45, 2.75) is 0 Å². The number of benzene rings is 4. The predicted octanol–water partition coefficient (Wildman–Crippen LogP) is 4.78. The van der Waals surface area contributed by atoms with E-state index in [1.165, 1.54) is 7.11 Å². The van der Waals surface area contributed by atoms with Gasteiger partial charge in [-0.1, -0.05) is 97.1 Å². The van der Waals surface area contributed by atoms with Crippen LogP contribution in [0.3, 0.4) is 0 Å². The van der Waals surface area contributed by atoms with Gasteiger partial charge in [0.2, 0.25) is 0 Å². The van der Waals surface area contributed by atoms with Gasteiger partial charge in [-0.2, -0.15) is 0 Å². The molecule has 0 radical (unpaired) electrons. The molecule has 0 bridgehead atoms. The molecule has 0 amide bonds. The Balaban J connectivity index is 1.96. The maximum atomic E-state index is 13.5. The summed E-state index contributed by atoms with van der Waals surface area (Å²) >= 11 is 0. The highest BCUT2D eigenvalue weighted by Gasteiger charge is 2.37. The molecule has 0 N–H and O–H groups in total. The van der Waals surface area contributed by atoms with Crippen LogP contribution in [0.25, 0.3) is 5.57 Å². The van der Waals surface area contributed by atoms with E-state index in [1.54, 1.807) is 7.11 Å². The lowest BCUT2D eigenvalue weighted by atomic mass is 9.96. The maximum absolute atomic E-state index is 13.5. The topological polar surface area (TPSA) is 35.5 Å². The Morgan fingerprint density at radius 2 is 1.24 bits per heavy atom. The van der Waals surface area contributed by atoms with E-state index in [0.29, 0.717) is 5.29 Å². The third-order valence-electron chi connectivity index (χ3n) is 6.28. The summed E-state index contributed by atoms with van der Waals surface area (Å²) in [5.74, 6) is 0.489. The quantitative estimate of drug-likeness (QED) is 0.315. The molecule has 4 aromatic rings. The summed E-state index contributed by atoms with van der Waals surface area (Å²) < 4.78 is 10.8. The highest BCUT2D eigenvalue weighted by molar-refractivity contribution is 7.97. The largest absolute Gasteiger partial charge is 0.497 e. The smallest absolute Gasteiger partial charge is 0.338 e. The number of carbonyl (C=O) groups is 1. The first-order valence-electron chi connectivity index (χ1n) is 11.1. The van der Waals surface area contributed by atoms with Gasteiger partial charge in [-0.05, 0) is 57.7 Å². The Labute approximate surface area is 200 Å². The Morgan fingerprint density at radius 1 is 0.676 bits per heavy atom. The van der Waals surface area contributed by atoms with Gasteiger partial charge in [0.05, 0.1) is 19.5 Å². The Kier molecular flexibility index (Phi) is 5.96. The van der Waals surface area contributed by atoms with Crippen molar-refractivity contribution in [3.63, 3.8) is 0 Å². The van der Waals surface area contributed by atoms with E-state index in [9.17, 15) is 4.79 Å². The summed E-state index contributed by atoms with van der Waals surface area (Å²) in [5.41, 5.74) is 3.15. The molecule has 4 heteroatoms. The lowest BCUT2D eigenvalue weighted by Crippen LogP contribution is -2.37. The van der Waals surface area contributed by atoms with E-state index in [0.717, 1.165) is 38.4 Å². The second kappa shape index (κ2) is 9.21. The van der Waals surface area contributed by atoms with Gasteiger partial charge in [-0.3, -0.25) is 0 Å². The van der Waals surface area contributed by atoms with E-state index in [1.807, 2.05) is 66.7 Å². The summed E-state index contributed by atoms with van der Waals surface area (Å²) in [6, 6.07) is 37.1. The summed E-state index contributed by atoms with van der Waals surface area (Å²) in [7, 11) is 3.12. The molecule has 0 saturated heterocycles. The third kappa shape index (κ3) is 3.50. The van der Waals surface area contributed by atoms with Crippen LogP contribution in [-0.2, 0) is 9.53 Å². The number of fused-ring (bicyclic) bond motifs is 1. The Bertz CT molecular complexity index is 1380. The number of hydrogen-bond acceptors (Lipinski definition) is 3. The van der Waals surface area contributed by atoms with Gasteiger partial charge in [0.25, 0.3) is 0 Å². The van der Waals surface area contributed by atoms with Crippen molar-refractivity contribution in [3.05, 3.63) is 126 Å². The first kappa shape index (κ1) is 22.0. The van der Waals surface area contributed by atoms with Crippen LogP contribution in [-0.4, -0.2) is 25.5 Å². The van der Waals surface area contributed by atoms with Gasteiger partial charge in [0.1, 0.15) is 5.75 Å². The first-order chi connectivity index (χ1) is 16.7. The van der Waals surface area contributed by atoms with E-state index < -0.39 is 6.89 Å². The van der Waals surface area contributed by atoms with Gasteiger partial charge in [-0.15, -0.1) is 0 Å². The third-order valence-corrected chi connectivity index (χ3v) is 10.6. The van der Waals surface area contributed by atoms with Crippen molar-refractivity contribution in [3.8, 4) is 5.75 Å². The fraction of sp³-hybridized carbons (Fsp3) is 0.0667. The molecule has 3 nitrogen and oxygen atoms in total. The van der Waals surface area contributed by atoms with E-state index in [4.69, 9.17) is 9.47 Å². The van der Waals surface area contributed by atoms with E-state index >= 15 is 0 Å². The number of rotatable bonds is 5. The predicted molar refractivity (Wildman–Crippen MR) is 142 cm³/mol. The normalized spacial score (nSPS) is 14.1. The monoisotopic (exact) mass is 464 g/mol. The molecule has 0 spiro atoms. The molecule has 1 heterocycles. The summed E-state index contributed by atoms with van der Waals surface area (Å²) in [6.45, 7) is -2.50. The molecule has 1 aliphatic rings. The highest BCUT2D eigenvalue weighted by atomic mass is 31.2. The van der Waals surface area contributed by atoms with Gasteiger partial charge in [-0.25, -0.2) is 4.79 Å². The molecule has 0 aromatic heterocycles. The van der Waals surface area contributed by atoms with Crippen LogP contribution < -0.4 is 20.7 Å². The second-order valence-electron chi connectivity index (χ2n) is 8.02. The van der Waals surface area contributed by atoms with E-state index in [2.05, 4.69) is 48.5 Å². The first-order valence-corrected chi connectivity index (χ1v) is 12.9.